The summed E-state index contributed by atoms with van der Waals surface area (Å²) in [6.45, 7) is 3.56. The minimum Gasteiger partial charge on any atom is -0.483 e. The van der Waals surface area contributed by atoms with Gasteiger partial charge < -0.3 is 4.74 Å². The number of aryl methyl sites for hydroxylation is 1. The first-order valence-electron chi connectivity index (χ1n) is 6.76. The molecule has 2 aromatic rings. The quantitative estimate of drug-likeness (QED) is 0.772. The van der Waals surface area contributed by atoms with E-state index in [4.69, 9.17) is 4.74 Å². The maximum atomic E-state index is 13.6. The molecule has 2 aromatic carbocycles. The fourth-order valence-electron chi connectivity index (χ4n) is 2.00. The number of hydrogen-bond acceptors (Lipinski definition) is 2. The van der Waals surface area contributed by atoms with Crippen LogP contribution >= 0.6 is 0 Å². The van der Waals surface area contributed by atoms with Crippen molar-refractivity contribution in [3.8, 4) is 5.75 Å². The van der Waals surface area contributed by atoms with Crippen LogP contribution in [-0.2, 0) is 6.42 Å². The number of carbonyl (C=O) groups is 1. The number of hydrogen-bond donors (Lipinski definition) is 0. The maximum Gasteiger partial charge on any atom is 0.205 e. The molecule has 1 atom stereocenters. The van der Waals surface area contributed by atoms with Gasteiger partial charge in [-0.15, -0.1) is 0 Å². The van der Waals surface area contributed by atoms with E-state index in [1.54, 1.807) is 13.0 Å². The lowest BCUT2D eigenvalue weighted by atomic mass is 10.1. The zero-order chi connectivity index (χ0) is 15.4. The third-order valence-electron chi connectivity index (χ3n) is 3.19. The molecule has 0 aliphatic rings. The van der Waals surface area contributed by atoms with Crippen molar-refractivity contribution in [2.24, 2.45) is 0 Å². The molecule has 1 unspecified atom stereocenters. The summed E-state index contributed by atoms with van der Waals surface area (Å²) in [6, 6.07) is 10.3. The van der Waals surface area contributed by atoms with Crippen LogP contribution in [0.5, 0.6) is 5.75 Å². The molecule has 0 N–H and O–H groups in total. The van der Waals surface area contributed by atoms with Crippen LogP contribution < -0.4 is 4.74 Å². The lowest BCUT2D eigenvalue weighted by molar-refractivity contribution is 0.0813. The molecule has 2 rings (SSSR count). The van der Waals surface area contributed by atoms with Crippen molar-refractivity contribution in [1.82, 2.24) is 0 Å². The van der Waals surface area contributed by atoms with Gasteiger partial charge in [0.15, 0.2) is 6.10 Å². The first kappa shape index (κ1) is 15.2. The van der Waals surface area contributed by atoms with Crippen LogP contribution in [0, 0.1) is 11.6 Å². The largest absolute Gasteiger partial charge is 0.483 e. The minimum absolute atomic E-state index is 0.171. The van der Waals surface area contributed by atoms with Gasteiger partial charge in [-0.3, -0.25) is 4.79 Å². The number of rotatable bonds is 5. The molecule has 4 heteroatoms. The number of carbonyl (C=O) groups excluding carboxylic acids is 1. The van der Waals surface area contributed by atoms with Crippen molar-refractivity contribution >= 4 is 5.78 Å². The summed E-state index contributed by atoms with van der Waals surface area (Å²) in [6.07, 6.45) is 0.00335. The van der Waals surface area contributed by atoms with Gasteiger partial charge in [0.25, 0.3) is 0 Å². The van der Waals surface area contributed by atoms with E-state index < -0.39 is 23.5 Å². The molecule has 0 radical (unpaired) electrons. The van der Waals surface area contributed by atoms with E-state index >= 15 is 0 Å². The molecular formula is C17H16F2O2. The van der Waals surface area contributed by atoms with E-state index in [1.165, 1.54) is 0 Å². The van der Waals surface area contributed by atoms with Crippen LogP contribution in [0.15, 0.2) is 42.5 Å². The van der Waals surface area contributed by atoms with Gasteiger partial charge in [0.2, 0.25) is 5.78 Å². The van der Waals surface area contributed by atoms with Gasteiger partial charge in [0.1, 0.15) is 17.4 Å². The Labute approximate surface area is 122 Å². The average molecular weight is 290 g/mol. The number of benzene rings is 2. The van der Waals surface area contributed by atoms with Gasteiger partial charge in [-0.1, -0.05) is 19.1 Å². The second-order valence-corrected chi connectivity index (χ2v) is 4.75. The monoisotopic (exact) mass is 290 g/mol. The Kier molecular flexibility index (Phi) is 4.68. The second kappa shape index (κ2) is 6.48. The van der Waals surface area contributed by atoms with E-state index in [9.17, 15) is 13.6 Å². The second-order valence-electron chi connectivity index (χ2n) is 4.75. The summed E-state index contributed by atoms with van der Waals surface area (Å²) in [4.78, 5) is 12.1. The molecule has 0 bridgehead atoms. The topological polar surface area (TPSA) is 26.3 Å². The Morgan fingerprint density at radius 3 is 2.62 bits per heavy atom. The van der Waals surface area contributed by atoms with Crippen molar-refractivity contribution in [3.63, 3.8) is 0 Å². The van der Waals surface area contributed by atoms with Crippen LogP contribution in [0.25, 0.3) is 0 Å². The Morgan fingerprint density at radius 1 is 1.19 bits per heavy atom. The lowest BCUT2D eigenvalue weighted by Gasteiger charge is -2.14. The van der Waals surface area contributed by atoms with Gasteiger partial charge in [-0.25, -0.2) is 8.78 Å². The maximum absolute atomic E-state index is 13.6. The smallest absolute Gasteiger partial charge is 0.205 e. The summed E-state index contributed by atoms with van der Waals surface area (Å²) in [5.74, 6) is -1.56. The highest BCUT2D eigenvalue weighted by atomic mass is 19.1. The Balaban J connectivity index is 2.15. The number of ether oxygens (including phenoxy) is 1. The summed E-state index contributed by atoms with van der Waals surface area (Å²) >= 11 is 0. The number of Topliss-reactive ketones (excluding diaryl/α,β-unsaturated/α-hetero) is 1. The Hall–Kier alpha value is -2.23. The predicted molar refractivity (Wildman–Crippen MR) is 76.6 cm³/mol. The summed E-state index contributed by atoms with van der Waals surface area (Å²) in [7, 11) is 0. The van der Waals surface area contributed by atoms with E-state index in [0.717, 1.165) is 24.1 Å². The van der Waals surface area contributed by atoms with Crippen molar-refractivity contribution < 1.29 is 18.3 Å². The standard InChI is InChI=1S/C17H16F2O2/c1-3-12-5-4-6-14(9-12)21-11(2)17(20)15-8-7-13(18)10-16(15)19/h4-11H,3H2,1-2H3. The molecule has 2 nitrogen and oxygen atoms in total. The first-order chi connectivity index (χ1) is 10.0. The van der Waals surface area contributed by atoms with E-state index in [0.29, 0.717) is 11.8 Å². The van der Waals surface area contributed by atoms with Gasteiger partial charge in [0, 0.05) is 6.07 Å². The molecule has 0 saturated carbocycles. The molecule has 110 valence electrons. The zero-order valence-electron chi connectivity index (χ0n) is 11.9. The van der Waals surface area contributed by atoms with Crippen molar-refractivity contribution in [1.29, 1.82) is 0 Å². The molecule has 0 amide bonds. The van der Waals surface area contributed by atoms with Gasteiger partial charge >= 0.3 is 0 Å². The third kappa shape index (κ3) is 3.66. The molecule has 0 aliphatic carbocycles. The van der Waals surface area contributed by atoms with Crippen molar-refractivity contribution in [3.05, 3.63) is 65.2 Å². The molecular weight excluding hydrogens is 274 g/mol. The first-order valence-corrected chi connectivity index (χ1v) is 6.76. The highest BCUT2D eigenvalue weighted by Gasteiger charge is 2.20. The highest BCUT2D eigenvalue weighted by Crippen LogP contribution is 2.18. The van der Waals surface area contributed by atoms with Gasteiger partial charge in [-0.2, -0.15) is 0 Å². The Bertz CT molecular complexity index is 653. The summed E-state index contributed by atoms with van der Waals surface area (Å²) < 4.78 is 32.0. The van der Waals surface area contributed by atoms with E-state index in [1.807, 2.05) is 25.1 Å². The molecule has 0 spiro atoms. The summed E-state index contributed by atoms with van der Waals surface area (Å²) in [5.41, 5.74) is 0.913. The Morgan fingerprint density at radius 2 is 1.95 bits per heavy atom. The molecule has 0 fully saturated rings. The van der Waals surface area contributed by atoms with Crippen molar-refractivity contribution in [2.75, 3.05) is 0 Å². The van der Waals surface area contributed by atoms with E-state index in [2.05, 4.69) is 0 Å². The highest BCUT2D eigenvalue weighted by molar-refractivity contribution is 5.99. The predicted octanol–water partition coefficient (Wildman–Crippen LogP) is 4.18. The van der Waals surface area contributed by atoms with Crippen molar-refractivity contribution in [2.45, 2.75) is 26.4 Å². The number of halogens is 2. The van der Waals surface area contributed by atoms with Crippen LogP contribution in [0.1, 0.15) is 29.8 Å². The number of ketones is 1. The lowest BCUT2D eigenvalue weighted by Crippen LogP contribution is -2.25. The summed E-state index contributed by atoms with van der Waals surface area (Å²) in [5, 5.41) is 0. The van der Waals surface area contributed by atoms with Crippen LogP contribution in [0.4, 0.5) is 8.78 Å². The fraction of sp³-hybridized carbons (Fsp3) is 0.235. The normalized spacial score (nSPS) is 12.0. The third-order valence-corrected chi connectivity index (χ3v) is 3.19. The van der Waals surface area contributed by atoms with Crippen LogP contribution in [-0.4, -0.2) is 11.9 Å². The average Bonchev–Trinajstić information content (AvgIpc) is 2.46. The van der Waals surface area contributed by atoms with Crippen LogP contribution in [0.2, 0.25) is 0 Å². The van der Waals surface area contributed by atoms with Gasteiger partial charge in [-0.05, 0) is 43.2 Å². The minimum atomic E-state index is -0.877. The SMILES string of the molecule is CCc1cccc(OC(C)C(=O)c2ccc(F)cc2F)c1. The zero-order valence-corrected chi connectivity index (χ0v) is 11.9. The van der Waals surface area contributed by atoms with E-state index in [-0.39, 0.29) is 5.56 Å². The fourth-order valence-corrected chi connectivity index (χ4v) is 2.00. The molecule has 21 heavy (non-hydrogen) atoms. The molecule has 0 saturated heterocycles. The van der Waals surface area contributed by atoms with Crippen LogP contribution in [0.3, 0.4) is 0 Å². The van der Waals surface area contributed by atoms with Gasteiger partial charge in [0.05, 0.1) is 5.56 Å². The molecule has 0 aromatic heterocycles. The molecule has 0 aliphatic heterocycles. The molecule has 0 heterocycles.